The van der Waals surface area contributed by atoms with Crippen LogP contribution in [0.15, 0.2) is 50.6 Å². The number of hydrogen-bond acceptors (Lipinski definition) is 6. The molecule has 12 heteroatoms. The van der Waals surface area contributed by atoms with Crippen molar-refractivity contribution in [1.82, 2.24) is 19.6 Å². The smallest absolute Gasteiger partial charge is 0.439 e. The highest BCUT2D eigenvalue weighted by atomic mass is 35.5. The van der Waals surface area contributed by atoms with Crippen LogP contribution in [0.25, 0.3) is 11.4 Å². The van der Waals surface area contributed by atoms with Gasteiger partial charge in [-0.2, -0.15) is 0 Å². The van der Waals surface area contributed by atoms with E-state index in [4.69, 9.17) is 16.3 Å². The van der Waals surface area contributed by atoms with Gasteiger partial charge in [-0.3, -0.25) is 14.3 Å². The van der Waals surface area contributed by atoms with Gasteiger partial charge < -0.3 is 19.3 Å². The van der Waals surface area contributed by atoms with E-state index < -0.39 is 41.2 Å². The van der Waals surface area contributed by atoms with E-state index >= 15 is 0 Å². The number of carbonyl (C=O) groups is 1. The average molecular weight is 521 g/mol. The van der Waals surface area contributed by atoms with Gasteiger partial charge in [0.15, 0.2) is 5.82 Å². The predicted octanol–water partition coefficient (Wildman–Crippen LogP) is 3.77. The number of nitrogens with zero attached hydrogens (tertiary/aromatic N) is 3. The minimum Gasteiger partial charge on any atom is -0.465 e. The zero-order valence-electron chi connectivity index (χ0n) is 19.9. The van der Waals surface area contributed by atoms with Crippen LogP contribution in [-0.2, 0) is 11.3 Å². The lowest BCUT2D eigenvalue weighted by atomic mass is 9.88. The van der Waals surface area contributed by atoms with Crippen LogP contribution in [0.3, 0.4) is 0 Å². The molecule has 36 heavy (non-hydrogen) atoms. The number of amides is 1. The fourth-order valence-electron chi connectivity index (χ4n) is 4.23. The van der Waals surface area contributed by atoms with Gasteiger partial charge in [-0.15, -0.1) is 0 Å². The first-order chi connectivity index (χ1) is 16.9. The summed E-state index contributed by atoms with van der Waals surface area (Å²) >= 11 is 5.90. The molecule has 192 valence electrons. The Morgan fingerprint density at radius 3 is 2.61 bits per heavy atom. The second kappa shape index (κ2) is 9.90. The van der Waals surface area contributed by atoms with E-state index in [1.165, 1.54) is 39.9 Å². The summed E-state index contributed by atoms with van der Waals surface area (Å²) in [7, 11) is 0. The number of aromatic amines is 1. The molecule has 4 rings (SSSR count). The van der Waals surface area contributed by atoms with Crippen LogP contribution in [0.1, 0.15) is 32.4 Å². The van der Waals surface area contributed by atoms with Gasteiger partial charge in [-0.1, -0.05) is 43.6 Å². The lowest BCUT2D eigenvalue weighted by Crippen LogP contribution is -2.42. The molecule has 10 nitrogen and oxygen atoms in total. The van der Waals surface area contributed by atoms with Crippen LogP contribution in [0.2, 0.25) is 5.02 Å². The molecule has 0 aliphatic carbocycles. The maximum absolute atomic E-state index is 14.4. The molecular formula is C24H26ClFN4O6. The molecule has 0 radical (unpaired) electrons. The SMILES string of the molecule is CC(C)(C)C1CN(C(=O)O)C[C@@H](Cn2cc(-c3noc(=O)[nH]3)ccc2=O)[C@H](c2ccc(Cl)c(F)c2)O1. The Kier molecular flexibility index (Phi) is 7.05. The number of H-pyrrole nitrogens is 1. The van der Waals surface area contributed by atoms with Crippen LogP contribution >= 0.6 is 11.6 Å². The van der Waals surface area contributed by atoms with Crippen molar-refractivity contribution in [2.24, 2.45) is 11.3 Å². The van der Waals surface area contributed by atoms with Gasteiger partial charge >= 0.3 is 11.8 Å². The first kappa shape index (κ1) is 25.6. The van der Waals surface area contributed by atoms with E-state index in [-0.39, 0.29) is 36.0 Å². The summed E-state index contributed by atoms with van der Waals surface area (Å²) < 4.78 is 26.8. The van der Waals surface area contributed by atoms with Gasteiger partial charge in [-0.05, 0) is 29.2 Å². The lowest BCUT2D eigenvalue weighted by Gasteiger charge is -2.34. The summed E-state index contributed by atoms with van der Waals surface area (Å²) in [5.41, 5.74) is 0.116. The molecule has 2 N–H and O–H groups in total. The normalized spacial score (nSPS) is 20.8. The third-order valence-electron chi connectivity index (χ3n) is 6.22. The topological polar surface area (TPSA) is 131 Å². The monoisotopic (exact) mass is 520 g/mol. The van der Waals surface area contributed by atoms with Crippen LogP contribution in [0, 0.1) is 17.2 Å². The zero-order valence-corrected chi connectivity index (χ0v) is 20.7. The molecule has 3 aromatic rings. The Bertz CT molecular complexity index is 1380. The average Bonchev–Trinajstić information content (AvgIpc) is 3.13. The van der Waals surface area contributed by atoms with Gasteiger partial charge in [0.2, 0.25) is 0 Å². The van der Waals surface area contributed by atoms with Crippen LogP contribution in [-0.4, -0.2) is 50.0 Å². The highest BCUT2D eigenvalue weighted by Crippen LogP contribution is 2.38. The molecular weight excluding hydrogens is 495 g/mol. The number of ether oxygens (including phenoxy) is 1. The Labute approximate surface area is 210 Å². The van der Waals surface area contributed by atoms with Gasteiger partial charge in [0, 0.05) is 36.8 Å². The van der Waals surface area contributed by atoms with E-state index in [0.29, 0.717) is 11.1 Å². The largest absolute Gasteiger partial charge is 0.465 e. The van der Waals surface area contributed by atoms with Crippen LogP contribution in [0.5, 0.6) is 0 Å². The van der Waals surface area contributed by atoms with Crippen molar-refractivity contribution in [2.45, 2.75) is 39.5 Å². The first-order valence-corrected chi connectivity index (χ1v) is 11.7. The fraction of sp³-hybridized carbons (Fsp3) is 0.417. The summed E-state index contributed by atoms with van der Waals surface area (Å²) in [6.45, 7) is 5.99. The van der Waals surface area contributed by atoms with Crippen molar-refractivity contribution in [3.63, 3.8) is 0 Å². The molecule has 1 aliphatic heterocycles. The second-order valence-electron chi connectivity index (χ2n) is 9.88. The molecule has 1 amide bonds. The highest BCUT2D eigenvalue weighted by Gasteiger charge is 2.40. The molecule has 0 spiro atoms. The van der Waals surface area contributed by atoms with Crippen molar-refractivity contribution in [2.75, 3.05) is 13.1 Å². The van der Waals surface area contributed by atoms with Crippen molar-refractivity contribution in [1.29, 1.82) is 0 Å². The number of hydrogen-bond donors (Lipinski definition) is 2. The van der Waals surface area contributed by atoms with Crippen molar-refractivity contribution in [3.8, 4) is 11.4 Å². The number of benzene rings is 1. The van der Waals surface area contributed by atoms with E-state index in [1.54, 1.807) is 6.07 Å². The molecule has 0 bridgehead atoms. The second-order valence-corrected chi connectivity index (χ2v) is 10.3. The molecule has 0 saturated carbocycles. The molecule has 1 unspecified atom stereocenters. The van der Waals surface area contributed by atoms with Crippen molar-refractivity contribution in [3.05, 3.63) is 73.8 Å². The third kappa shape index (κ3) is 5.52. The standard InChI is InChI=1S/C24H26ClFN4O6/c1-24(2,3)18-12-30(23(33)34)11-15(20(35-18)13-4-6-16(25)17(26)8-13)10-29-9-14(5-7-19(29)31)21-27-22(32)36-28-21/h4-9,15,18,20H,10-12H2,1-3H3,(H,33,34)(H,27,28,32)/t15-,18?,20+/m1/s1. The molecule has 3 heterocycles. The Hall–Kier alpha value is -3.44. The Morgan fingerprint density at radius 2 is 2.00 bits per heavy atom. The number of rotatable bonds is 4. The highest BCUT2D eigenvalue weighted by molar-refractivity contribution is 6.30. The maximum atomic E-state index is 14.4. The van der Waals surface area contributed by atoms with Gasteiger partial charge in [0.1, 0.15) is 5.82 Å². The molecule has 3 atom stereocenters. The fourth-order valence-corrected chi connectivity index (χ4v) is 4.35. The molecule has 1 aromatic carbocycles. The summed E-state index contributed by atoms with van der Waals surface area (Å²) in [6, 6.07) is 7.13. The summed E-state index contributed by atoms with van der Waals surface area (Å²) in [5.74, 6) is -1.80. The number of carboxylic acid groups (broad SMARTS) is 1. The van der Waals surface area contributed by atoms with Gasteiger partial charge in [-0.25, -0.2) is 14.0 Å². The quantitative estimate of drug-likeness (QED) is 0.535. The molecule has 1 fully saturated rings. The lowest BCUT2D eigenvalue weighted by molar-refractivity contribution is -0.0789. The van der Waals surface area contributed by atoms with Gasteiger partial charge in [0.05, 0.1) is 23.8 Å². The van der Waals surface area contributed by atoms with Crippen molar-refractivity contribution < 1.29 is 23.6 Å². The predicted molar refractivity (Wildman–Crippen MR) is 128 cm³/mol. The number of halogens is 2. The van der Waals surface area contributed by atoms with Crippen LogP contribution in [0.4, 0.5) is 9.18 Å². The van der Waals surface area contributed by atoms with Gasteiger partial charge in [0.25, 0.3) is 5.56 Å². The van der Waals surface area contributed by atoms with E-state index in [9.17, 15) is 23.9 Å². The molecule has 1 aliphatic rings. The number of nitrogens with one attached hydrogen (secondary N) is 1. The maximum Gasteiger partial charge on any atom is 0.439 e. The van der Waals surface area contributed by atoms with E-state index in [2.05, 4.69) is 14.7 Å². The summed E-state index contributed by atoms with van der Waals surface area (Å²) in [5, 5.41) is 13.5. The zero-order chi connectivity index (χ0) is 26.2. The minimum absolute atomic E-state index is 0.0360. The minimum atomic E-state index is -1.12. The number of aromatic nitrogens is 3. The molecule has 2 aromatic heterocycles. The van der Waals surface area contributed by atoms with Crippen LogP contribution < -0.4 is 11.3 Å². The number of pyridine rings is 1. The summed E-state index contributed by atoms with van der Waals surface area (Å²) in [6.07, 6.45) is -0.882. The Balaban J connectivity index is 1.78. The van der Waals surface area contributed by atoms with E-state index in [1.807, 2.05) is 20.8 Å². The molecule has 1 saturated heterocycles. The first-order valence-electron chi connectivity index (χ1n) is 11.3. The summed E-state index contributed by atoms with van der Waals surface area (Å²) in [4.78, 5) is 39.9. The Morgan fingerprint density at radius 1 is 1.25 bits per heavy atom. The van der Waals surface area contributed by atoms with E-state index in [0.717, 1.165) is 0 Å². The van der Waals surface area contributed by atoms with Crippen molar-refractivity contribution >= 4 is 17.7 Å². The third-order valence-corrected chi connectivity index (χ3v) is 6.52.